The number of hydrogen-bond donors (Lipinski definition) is 0. The molecule has 1 aromatic heterocycles. The minimum absolute atomic E-state index is 0.865. The van der Waals surface area contributed by atoms with E-state index in [9.17, 15) is 0 Å². The summed E-state index contributed by atoms with van der Waals surface area (Å²) in [6, 6.07) is 12.7. The monoisotopic (exact) mass is 332 g/mol. The van der Waals surface area contributed by atoms with Gasteiger partial charge in [-0.1, -0.05) is 42.5 Å². The van der Waals surface area contributed by atoms with Crippen molar-refractivity contribution in [1.29, 1.82) is 0 Å². The molecule has 120 valence electrons. The Hall–Kier alpha value is -2.39. The first-order valence-corrected chi connectivity index (χ1v) is 9.22. The highest BCUT2D eigenvalue weighted by Crippen LogP contribution is 2.34. The smallest absolute Gasteiger partial charge is 0.106 e. The zero-order chi connectivity index (χ0) is 16.4. The van der Waals surface area contributed by atoms with Gasteiger partial charge in [0, 0.05) is 12.1 Å². The van der Waals surface area contributed by atoms with E-state index in [0.717, 1.165) is 30.9 Å². The van der Waals surface area contributed by atoms with Gasteiger partial charge in [-0.2, -0.15) is 0 Å². The van der Waals surface area contributed by atoms with Crippen molar-refractivity contribution in [3.63, 3.8) is 0 Å². The lowest BCUT2D eigenvalue weighted by Gasteiger charge is -2.26. The maximum atomic E-state index is 4.89. The first kappa shape index (κ1) is 15.2. The van der Waals surface area contributed by atoms with Crippen molar-refractivity contribution in [3.8, 4) is 0 Å². The van der Waals surface area contributed by atoms with Crippen LogP contribution in [0.25, 0.3) is 11.8 Å². The van der Waals surface area contributed by atoms with E-state index < -0.39 is 0 Å². The number of thiophene rings is 1. The molecule has 0 N–H and O–H groups in total. The predicted octanol–water partition coefficient (Wildman–Crippen LogP) is 5.89. The van der Waals surface area contributed by atoms with Gasteiger partial charge in [0.2, 0.25) is 0 Å². The molecule has 0 radical (unpaired) electrons. The molecule has 0 spiro atoms. The van der Waals surface area contributed by atoms with Crippen LogP contribution < -0.4 is 0 Å². The molecule has 2 aromatic rings. The number of benzene rings is 1. The van der Waals surface area contributed by atoms with E-state index in [-0.39, 0.29) is 0 Å². The van der Waals surface area contributed by atoms with E-state index in [1.807, 2.05) is 0 Å². The molecule has 4 rings (SSSR count). The van der Waals surface area contributed by atoms with Gasteiger partial charge >= 0.3 is 0 Å². The summed E-state index contributed by atoms with van der Waals surface area (Å²) in [5.74, 6) is 1.04. The number of hydrogen-bond acceptors (Lipinski definition) is 3. The van der Waals surface area contributed by atoms with Gasteiger partial charge in [-0.3, -0.25) is 0 Å². The van der Waals surface area contributed by atoms with Crippen molar-refractivity contribution < 1.29 is 0 Å². The SMILES string of the molecule is CC1=Nc2ccccc2C=C(c2cccs2)N1CC1=CCCC=C1. The predicted molar refractivity (Wildman–Crippen MR) is 105 cm³/mol. The third-order valence-corrected chi connectivity index (χ3v) is 5.27. The summed E-state index contributed by atoms with van der Waals surface area (Å²) >= 11 is 1.78. The average Bonchev–Trinajstić information content (AvgIpc) is 3.10. The summed E-state index contributed by atoms with van der Waals surface area (Å²) in [7, 11) is 0. The molecule has 1 aromatic carbocycles. The zero-order valence-electron chi connectivity index (χ0n) is 13.8. The van der Waals surface area contributed by atoms with Crippen LogP contribution >= 0.6 is 11.3 Å². The third kappa shape index (κ3) is 3.00. The zero-order valence-corrected chi connectivity index (χ0v) is 14.6. The van der Waals surface area contributed by atoms with Crippen LogP contribution in [0.2, 0.25) is 0 Å². The molecule has 0 amide bonds. The van der Waals surface area contributed by atoms with Crippen molar-refractivity contribution in [3.05, 3.63) is 76.0 Å². The summed E-state index contributed by atoms with van der Waals surface area (Å²) in [5.41, 5.74) is 4.82. The Morgan fingerprint density at radius 1 is 1.12 bits per heavy atom. The van der Waals surface area contributed by atoms with Gasteiger partial charge in [-0.25, -0.2) is 4.99 Å². The van der Waals surface area contributed by atoms with Gasteiger partial charge in [-0.05, 0) is 48.9 Å². The van der Waals surface area contributed by atoms with Gasteiger partial charge in [0.1, 0.15) is 5.84 Å². The molecular formula is C21H20N2S. The van der Waals surface area contributed by atoms with E-state index in [0.29, 0.717) is 0 Å². The highest BCUT2D eigenvalue weighted by atomic mass is 32.1. The largest absolute Gasteiger partial charge is 0.324 e. The molecule has 0 saturated carbocycles. The standard InChI is InChI=1S/C21H20N2S/c1-16-22-19-11-6-5-10-18(19)14-20(21-12-7-13-24-21)23(16)15-17-8-3-2-4-9-17/h3,5-14H,2,4,15H2,1H3. The van der Waals surface area contributed by atoms with Gasteiger partial charge < -0.3 is 4.90 Å². The van der Waals surface area contributed by atoms with E-state index in [2.05, 4.69) is 77.9 Å². The number of aliphatic imine (C=N–C) groups is 1. The fourth-order valence-electron chi connectivity index (χ4n) is 3.14. The van der Waals surface area contributed by atoms with Crippen LogP contribution in [-0.2, 0) is 0 Å². The Bertz CT molecular complexity index is 854. The van der Waals surface area contributed by atoms with E-state index in [1.165, 1.54) is 21.7 Å². The van der Waals surface area contributed by atoms with E-state index in [4.69, 9.17) is 4.99 Å². The van der Waals surface area contributed by atoms with Crippen molar-refractivity contribution in [2.24, 2.45) is 4.99 Å². The van der Waals surface area contributed by atoms with Crippen molar-refractivity contribution >= 4 is 34.6 Å². The van der Waals surface area contributed by atoms with Crippen LogP contribution in [0.5, 0.6) is 0 Å². The lowest BCUT2D eigenvalue weighted by molar-refractivity contribution is 0.635. The van der Waals surface area contributed by atoms with Crippen LogP contribution in [0.3, 0.4) is 0 Å². The number of allylic oxidation sites excluding steroid dienone is 2. The molecule has 24 heavy (non-hydrogen) atoms. The normalized spacial score (nSPS) is 16.9. The number of fused-ring (bicyclic) bond motifs is 1. The number of rotatable bonds is 3. The fourth-order valence-corrected chi connectivity index (χ4v) is 3.89. The summed E-state index contributed by atoms with van der Waals surface area (Å²) in [5, 5.41) is 2.14. The second-order valence-electron chi connectivity index (χ2n) is 6.07. The second-order valence-corrected chi connectivity index (χ2v) is 7.02. The fraction of sp³-hybridized carbons (Fsp3) is 0.190. The van der Waals surface area contributed by atoms with Gasteiger partial charge in [0.25, 0.3) is 0 Å². The first-order chi connectivity index (χ1) is 11.8. The van der Waals surface area contributed by atoms with Crippen molar-refractivity contribution in [2.45, 2.75) is 19.8 Å². The first-order valence-electron chi connectivity index (χ1n) is 8.34. The van der Waals surface area contributed by atoms with Crippen molar-refractivity contribution in [2.75, 3.05) is 6.54 Å². The van der Waals surface area contributed by atoms with E-state index >= 15 is 0 Å². The number of amidine groups is 1. The quantitative estimate of drug-likeness (QED) is 0.684. The highest BCUT2D eigenvalue weighted by molar-refractivity contribution is 7.11. The average molecular weight is 332 g/mol. The Morgan fingerprint density at radius 3 is 2.83 bits per heavy atom. The highest BCUT2D eigenvalue weighted by Gasteiger charge is 2.20. The van der Waals surface area contributed by atoms with Crippen LogP contribution in [0.15, 0.2) is 70.6 Å². The van der Waals surface area contributed by atoms with Gasteiger partial charge in [0.05, 0.1) is 16.3 Å². The molecule has 2 aliphatic rings. The van der Waals surface area contributed by atoms with Crippen molar-refractivity contribution in [1.82, 2.24) is 4.90 Å². The van der Waals surface area contributed by atoms with Gasteiger partial charge in [0.15, 0.2) is 0 Å². The molecule has 2 nitrogen and oxygen atoms in total. The minimum Gasteiger partial charge on any atom is -0.324 e. The number of para-hydroxylation sites is 1. The second kappa shape index (κ2) is 6.62. The van der Waals surface area contributed by atoms with E-state index in [1.54, 1.807) is 11.3 Å². The molecule has 2 heterocycles. The molecule has 0 bridgehead atoms. The summed E-state index contributed by atoms with van der Waals surface area (Å²) in [6.07, 6.45) is 11.4. The molecule has 1 aliphatic heterocycles. The Balaban J connectivity index is 1.80. The Morgan fingerprint density at radius 2 is 2.04 bits per heavy atom. The molecule has 0 saturated heterocycles. The van der Waals surface area contributed by atoms with Gasteiger partial charge in [-0.15, -0.1) is 11.3 Å². The minimum atomic E-state index is 0.865. The Labute approximate surface area is 147 Å². The van der Waals surface area contributed by atoms with Crippen LogP contribution in [0, 0.1) is 0 Å². The maximum absolute atomic E-state index is 4.89. The summed E-state index contributed by atoms with van der Waals surface area (Å²) in [4.78, 5) is 8.51. The third-order valence-electron chi connectivity index (χ3n) is 4.38. The topological polar surface area (TPSA) is 15.6 Å². The molecule has 1 aliphatic carbocycles. The van der Waals surface area contributed by atoms with Crippen LogP contribution in [-0.4, -0.2) is 17.3 Å². The summed E-state index contributed by atoms with van der Waals surface area (Å²) in [6.45, 7) is 2.97. The molecule has 0 fully saturated rings. The lowest BCUT2D eigenvalue weighted by Crippen LogP contribution is -2.28. The van der Waals surface area contributed by atoms with Crippen LogP contribution in [0.4, 0.5) is 5.69 Å². The molecule has 0 unspecified atom stereocenters. The molecular weight excluding hydrogens is 312 g/mol. The lowest BCUT2D eigenvalue weighted by atomic mass is 10.1. The molecule has 3 heteroatoms. The summed E-state index contributed by atoms with van der Waals surface area (Å²) < 4.78 is 0. The Kier molecular flexibility index (Phi) is 4.18. The van der Waals surface area contributed by atoms with Crippen LogP contribution in [0.1, 0.15) is 30.2 Å². The number of nitrogens with zero attached hydrogens (tertiary/aromatic N) is 2. The maximum Gasteiger partial charge on any atom is 0.106 e. The molecule has 0 atom stereocenters.